The Labute approximate surface area is 165 Å². The van der Waals surface area contributed by atoms with E-state index in [1.54, 1.807) is 11.3 Å². The molecule has 4 aromatic rings. The van der Waals surface area contributed by atoms with E-state index in [0.717, 1.165) is 33.4 Å². The molecule has 0 saturated heterocycles. The van der Waals surface area contributed by atoms with E-state index in [1.807, 2.05) is 36.4 Å². The predicted octanol–water partition coefficient (Wildman–Crippen LogP) is 4.10. The van der Waals surface area contributed by atoms with Gasteiger partial charge in [0.15, 0.2) is 16.7 Å². The van der Waals surface area contributed by atoms with Crippen LogP contribution in [-0.2, 0) is 5.54 Å². The lowest BCUT2D eigenvalue weighted by atomic mass is 9.92. The molecule has 7 nitrogen and oxygen atoms in total. The highest BCUT2D eigenvalue weighted by atomic mass is 32.1. The van der Waals surface area contributed by atoms with Gasteiger partial charge in [-0.15, -0.1) is 16.4 Å². The fourth-order valence-corrected chi connectivity index (χ4v) is 4.09. The highest BCUT2D eigenvalue weighted by molar-refractivity contribution is 7.12. The van der Waals surface area contributed by atoms with E-state index in [1.165, 1.54) is 5.56 Å². The Hall–Kier alpha value is -3.39. The standard InChI is InChI=1S/C20H17N7S/c1-20(2)14-5-3-4-6-15(14)21-18(23-20)19-22-16(11-28-19)12-7-9-13(10-8-12)17-24-26-27-25-17/h3-11H,1-2H3,(H,21,23)(H,24,25,26,27). The second kappa shape index (κ2) is 6.35. The maximum absolute atomic E-state index is 4.91. The molecule has 28 heavy (non-hydrogen) atoms. The van der Waals surface area contributed by atoms with Gasteiger partial charge >= 0.3 is 0 Å². The summed E-state index contributed by atoms with van der Waals surface area (Å²) in [7, 11) is 0. The minimum Gasteiger partial charge on any atom is -0.338 e. The maximum Gasteiger partial charge on any atom is 0.179 e. The molecule has 2 N–H and O–H groups in total. The van der Waals surface area contributed by atoms with Crippen molar-refractivity contribution in [3.63, 3.8) is 0 Å². The van der Waals surface area contributed by atoms with Crippen molar-refractivity contribution in [1.82, 2.24) is 25.6 Å². The number of amidine groups is 1. The van der Waals surface area contributed by atoms with E-state index in [4.69, 9.17) is 9.98 Å². The maximum atomic E-state index is 4.91. The first-order chi connectivity index (χ1) is 13.6. The van der Waals surface area contributed by atoms with Crippen molar-refractivity contribution < 1.29 is 0 Å². The van der Waals surface area contributed by atoms with E-state index in [-0.39, 0.29) is 5.54 Å². The molecule has 138 valence electrons. The number of rotatable bonds is 3. The average Bonchev–Trinajstić information content (AvgIpc) is 3.40. The van der Waals surface area contributed by atoms with Gasteiger partial charge in [0, 0.05) is 27.8 Å². The summed E-state index contributed by atoms with van der Waals surface area (Å²) in [6.45, 7) is 4.25. The number of H-pyrrole nitrogens is 1. The van der Waals surface area contributed by atoms with Crippen molar-refractivity contribution in [2.75, 3.05) is 5.32 Å². The molecule has 3 heterocycles. The molecule has 0 spiro atoms. The molecule has 0 aliphatic carbocycles. The van der Waals surface area contributed by atoms with Gasteiger partial charge in [0.05, 0.1) is 11.2 Å². The van der Waals surface area contributed by atoms with Gasteiger partial charge in [0.25, 0.3) is 0 Å². The molecular weight excluding hydrogens is 370 g/mol. The second-order valence-electron chi connectivity index (χ2n) is 7.06. The molecule has 1 aliphatic rings. The molecule has 0 saturated carbocycles. The number of anilines is 1. The summed E-state index contributed by atoms with van der Waals surface area (Å²) in [6.07, 6.45) is 0. The number of fused-ring (bicyclic) bond motifs is 1. The number of hydrogen-bond acceptors (Lipinski definition) is 7. The van der Waals surface area contributed by atoms with Crippen LogP contribution in [0.5, 0.6) is 0 Å². The Kier molecular flexibility index (Phi) is 3.80. The van der Waals surface area contributed by atoms with Crippen LogP contribution in [0.25, 0.3) is 22.6 Å². The van der Waals surface area contributed by atoms with E-state index in [0.29, 0.717) is 5.82 Å². The van der Waals surface area contributed by atoms with Crippen LogP contribution in [0, 0.1) is 0 Å². The fraction of sp³-hybridized carbons (Fsp3) is 0.150. The minimum absolute atomic E-state index is 0.296. The first-order valence-electron chi connectivity index (χ1n) is 8.87. The van der Waals surface area contributed by atoms with Crippen molar-refractivity contribution in [2.45, 2.75) is 19.4 Å². The quantitative estimate of drug-likeness (QED) is 0.552. The van der Waals surface area contributed by atoms with E-state index >= 15 is 0 Å². The molecule has 5 rings (SSSR count). The summed E-state index contributed by atoms with van der Waals surface area (Å²) in [6, 6.07) is 16.3. The van der Waals surface area contributed by atoms with Gasteiger partial charge in [0.2, 0.25) is 0 Å². The van der Waals surface area contributed by atoms with E-state index < -0.39 is 0 Å². The topological polar surface area (TPSA) is 91.7 Å². The molecule has 0 amide bonds. The number of nitrogens with zero attached hydrogens (tertiary/aromatic N) is 5. The van der Waals surface area contributed by atoms with Crippen LogP contribution in [0.4, 0.5) is 5.69 Å². The van der Waals surface area contributed by atoms with Gasteiger partial charge in [-0.2, -0.15) is 0 Å². The van der Waals surface area contributed by atoms with Gasteiger partial charge in [0.1, 0.15) is 0 Å². The van der Waals surface area contributed by atoms with Crippen LogP contribution in [0.3, 0.4) is 0 Å². The summed E-state index contributed by atoms with van der Waals surface area (Å²) in [5.74, 6) is 1.46. The number of para-hydroxylation sites is 1. The molecule has 0 radical (unpaired) electrons. The number of nitrogens with one attached hydrogen (secondary N) is 2. The molecule has 0 atom stereocenters. The normalized spacial score (nSPS) is 14.9. The Morgan fingerprint density at radius 3 is 2.54 bits per heavy atom. The molecular formula is C20H17N7S. The van der Waals surface area contributed by atoms with Crippen molar-refractivity contribution in [3.8, 4) is 22.6 Å². The number of aromatic amines is 1. The number of aromatic nitrogens is 5. The third kappa shape index (κ3) is 2.87. The zero-order valence-electron chi connectivity index (χ0n) is 15.3. The van der Waals surface area contributed by atoms with Crippen molar-refractivity contribution >= 4 is 22.9 Å². The predicted molar refractivity (Wildman–Crippen MR) is 110 cm³/mol. The summed E-state index contributed by atoms with van der Waals surface area (Å²) >= 11 is 1.59. The van der Waals surface area contributed by atoms with Crippen LogP contribution in [0.15, 0.2) is 58.9 Å². The number of aliphatic imine (C=N–C) groups is 1. The molecule has 0 bridgehead atoms. The summed E-state index contributed by atoms with van der Waals surface area (Å²) in [4.78, 5) is 9.72. The van der Waals surface area contributed by atoms with Gasteiger partial charge in [-0.3, -0.25) is 4.99 Å². The van der Waals surface area contributed by atoms with Crippen LogP contribution >= 0.6 is 11.3 Å². The number of hydrogen-bond donors (Lipinski definition) is 2. The van der Waals surface area contributed by atoms with Crippen molar-refractivity contribution in [2.24, 2.45) is 4.99 Å². The van der Waals surface area contributed by atoms with E-state index in [2.05, 4.69) is 57.3 Å². The minimum atomic E-state index is -0.296. The Morgan fingerprint density at radius 2 is 1.75 bits per heavy atom. The smallest absolute Gasteiger partial charge is 0.179 e. The van der Waals surface area contributed by atoms with Gasteiger partial charge < -0.3 is 5.32 Å². The van der Waals surface area contributed by atoms with E-state index in [9.17, 15) is 0 Å². The molecule has 0 unspecified atom stereocenters. The number of thiazole rings is 1. The lowest BCUT2D eigenvalue weighted by Gasteiger charge is -2.30. The van der Waals surface area contributed by atoms with Crippen molar-refractivity contribution in [1.29, 1.82) is 0 Å². The third-order valence-corrected chi connectivity index (χ3v) is 5.59. The molecule has 2 aromatic heterocycles. The first-order valence-corrected chi connectivity index (χ1v) is 9.75. The zero-order valence-corrected chi connectivity index (χ0v) is 16.2. The van der Waals surface area contributed by atoms with Crippen molar-refractivity contribution in [3.05, 3.63) is 64.5 Å². The molecule has 2 aromatic carbocycles. The largest absolute Gasteiger partial charge is 0.338 e. The lowest BCUT2D eigenvalue weighted by molar-refractivity contribution is 0.555. The highest BCUT2D eigenvalue weighted by Gasteiger charge is 2.29. The molecule has 0 fully saturated rings. The fourth-order valence-electron chi connectivity index (χ4n) is 3.32. The Morgan fingerprint density at radius 1 is 0.964 bits per heavy atom. The van der Waals surface area contributed by atoms with Crippen LogP contribution in [-0.4, -0.2) is 31.4 Å². The van der Waals surface area contributed by atoms with Gasteiger partial charge in [-0.25, -0.2) is 10.1 Å². The Balaban J connectivity index is 1.45. The SMILES string of the molecule is CC1(C)N=C(c2nc(-c3ccc(-c4nnn[nH]4)cc3)cs2)Nc2ccccc21. The van der Waals surface area contributed by atoms with Gasteiger partial charge in [-0.05, 0) is 30.3 Å². The van der Waals surface area contributed by atoms with Crippen LogP contribution in [0.1, 0.15) is 24.4 Å². The Bertz CT molecular complexity index is 1160. The summed E-state index contributed by atoms with van der Waals surface area (Å²) < 4.78 is 0. The average molecular weight is 387 g/mol. The zero-order chi connectivity index (χ0) is 19.1. The number of benzene rings is 2. The van der Waals surface area contributed by atoms with Crippen LogP contribution < -0.4 is 5.32 Å². The third-order valence-electron chi connectivity index (χ3n) is 4.74. The monoisotopic (exact) mass is 387 g/mol. The van der Waals surface area contributed by atoms with Gasteiger partial charge in [-0.1, -0.05) is 42.5 Å². The summed E-state index contributed by atoms with van der Waals surface area (Å²) in [5.41, 5.74) is 4.86. The van der Waals surface area contributed by atoms with Crippen LogP contribution in [0.2, 0.25) is 0 Å². The highest BCUT2D eigenvalue weighted by Crippen LogP contribution is 2.36. The second-order valence-corrected chi connectivity index (χ2v) is 7.91. The first kappa shape index (κ1) is 16.8. The summed E-state index contributed by atoms with van der Waals surface area (Å²) in [5, 5.41) is 20.3. The molecule has 1 aliphatic heterocycles. The molecule has 8 heteroatoms. The lowest BCUT2D eigenvalue weighted by Crippen LogP contribution is -2.29. The number of tetrazole rings is 1.